The SMILES string of the molecule is O=C(Nc1ccc2c(c1)Nc1ccccc1CC2)[C@@H]1C[C@@H](Sc2ccc(F)cc2)CN1Cc1cccc(O)c1. The van der Waals surface area contributed by atoms with Gasteiger partial charge in [-0.3, -0.25) is 9.69 Å². The van der Waals surface area contributed by atoms with Crippen LogP contribution < -0.4 is 10.6 Å². The van der Waals surface area contributed by atoms with E-state index in [2.05, 4.69) is 39.8 Å². The summed E-state index contributed by atoms with van der Waals surface area (Å²) in [7, 11) is 0. The fourth-order valence-electron chi connectivity index (χ4n) is 5.48. The van der Waals surface area contributed by atoms with Crippen molar-refractivity contribution in [1.29, 1.82) is 0 Å². The fraction of sp³-hybridized carbons (Fsp3) is 0.219. The molecule has 0 bridgehead atoms. The summed E-state index contributed by atoms with van der Waals surface area (Å²) < 4.78 is 13.4. The van der Waals surface area contributed by atoms with Crippen molar-refractivity contribution in [2.24, 2.45) is 0 Å². The summed E-state index contributed by atoms with van der Waals surface area (Å²) in [5.41, 5.74) is 6.36. The molecule has 0 spiro atoms. The number of hydrogen-bond donors (Lipinski definition) is 3. The first-order valence-electron chi connectivity index (χ1n) is 13.2. The maximum absolute atomic E-state index is 13.7. The average molecular weight is 540 g/mol. The van der Waals surface area contributed by atoms with Gasteiger partial charge in [0.2, 0.25) is 5.91 Å². The fourth-order valence-corrected chi connectivity index (χ4v) is 6.70. The van der Waals surface area contributed by atoms with Crippen LogP contribution in [0.3, 0.4) is 0 Å². The van der Waals surface area contributed by atoms with Gasteiger partial charge in [0.25, 0.3) is 0 Å². The minimum atomic E-state index is -0.335. The van der Waals surface area contributed by atoms with E-state index in [0.29, 0.717) is 19.5 Å². The summed E-state index contributed by atoms with van der Waals surface area (Å²) in [5, 5.41) is 16.9. The highest BCUT2D eigenvalue weighted by molar-refractivity contribution is 8.00. The first kappa shape index (κ1) is 25.5. The summed E-state index contributed by atoms with van der Waals surface area (Å²) in [4.78, 5) is 16.8. The molecule has 6 rings (SSSR count). The van der Waals surface area contributed by atoms with E-state index in [1.54, 1.807) is 36.0 Å². The van der Waals surface area contributed by atoms with Gasteiger partial charge in [-0.1, -0.05) is 36.4 Å². The quantitative estimate of drug-likeness (QED) is 0.253. The minimum Gasteiger partial charge on any atom is -0.508 e. The van der Waals surface area contributed by atoms with E-state index in [0.717, 1.165) is 40.4 Å². The normalized spacial score (nSPS) is 18.5. The van der Waals surface area contributed by atoms with Gasteiger partial charge in [-0.05, 0) is 90.6 Å². The van der Waals surface area contributed by atoms with Crippen LogP contribution in [0.2, 0.25) is 0 Å². The van der Waals surface area contributed by atoms with Crippen molar-refractivity contribution in [2.45, 2.75) is 42.0 Å². The summed E-state index contributed by atoms with van der Waals surface area (Å²) in [6.07, 6.45) is 2.58. The van der Waals surface area contributed by atoms with Crippen LogP contribution in [0.4, 0.5) is 21.5 Å². The van der Waals surface area contributed by atoms with Gasteiger partial charge < -0.3 is 15.7 Å². The predicted octanol–water partition coefficient (Wildman–Crippen LogP) is 6.75. The lowest BCUT2D eigenvalue weighted by molar-refractivity contribution is -0.120. The van der Waals surface area contributed by atoms with Crippen LogP contribution in [-0.4, -0.2) is 33.8 Å². The Hall–Kier alpha value is -3.81. The Morgan fingerprint density at radius 2 is 1.74 bits per heavy atom. The number of phenols is 1. The predicted molar refractivity (Wildman–Crippen MR) is 155 cm³/mol. The first-order chi connectivity index (χ1) is 19.0. The highest BCUT2D eigenvalue weighted by Gasteiger charge is 2.37. The molecule has 0 aliphatic carbocycles. The van der Waals surface area contributed by atoms with Crippen molar-refractivity contribution < 1.29 is 14.3 Å². The number of hydrogen-bond acceptors (Lipinski definition) is 5. The summed E-state index contributed by atoms with van der Waals surface area (Å²) in [6.45, 7) is 1.26. The van der Waals surface area contributed by atoms with E-state index in [1.165, 1.54) is 23.3 Å². The van der Waals surface area contributed by atoms with E-state index in [9.17, 15) is 14.3 Å². The minimum absolute atomic E-state index is 0.0497. The molecular formula is C32H30FN3O2S. The van der Waals surface area contributed by atoms with Crippen molar-refractivity contribution in [1.82, 2.24) is 4.90 Å². The zero-order valence-corrected chi connectivity index (χ0v) is 22.3. The van der Waals surface area contributed by atoms with E-state index < -0.39 is 0 Å². The second kappa shape index (κ2) is 11.1. The van der Waals surface area contributed by atoms with Gasteiger partial charge >= 0.3 is 0 Å². The van der Waals surface area contributed by atoms with Crippen LogP contribution in [0.15, 0.2) is 95.9 Å². The van der Waals surface area contributed by atoms with Gasteiger partial charge in [-0.15, -0.1) is 11.8 Å². The molecule has 7 heteroatoms. The van der Waals surface area contributed by atoms with E-state index >= 15 is 0 Å². The lowest BCUT2D eigenvalue weighted by atomic mass is 10.0. The van der Waals surface area contributed by atoms with Crippen LogP contribution in [0.1, 0.15) is 23.1 Å². The number of carbonyl (C=O) groups excluding carboxylic acids is 1. The highest BCUT2D eigenvalue weighted by atomic mass is 32.2. The molecule has 1 amide bonds. The standard InChI is InChI=1S/C32H30FN3O2S/c33-24-11-14-27(15-12-24)39-28-18-31(36(20-28)19-21-4-3-6-26(37)16-21)32(38)34-25-13-10-23-9-8-22-5-1-2-7-29(22)35-30(23)17-25/h1-7,10-17,28,31,35,37H,8-9,18-20H2,(H,34,38)/t28-,31+/m1/s1. The second-order valence-electron chi connectivity index (χ2n) is 10.2. The number of likely N-dealkylation sites (tertiary alicyclic amines) is 1. The average Bonchev–Trinajstić information content (AvgIpc) is 3.22. The van der Waals surface area contributed by atoms with Gasteiger partial charge in [0.05, 0.1) is 6.04 Å². The van der Waals surface area contributed by atoms with Crippen molar-refractivity contribution in [3.05, 3.63) is 114 Å². The number of benzene rings is 4. The third-order valence-electron chi connectivity index (χ3n) is 7.41. The number of nitrogens with one attached hydrogen (secondary N) is 2. The number of thioether (sulfide) groups is 1. The van der Waals surface area contributed by atoms with Crippen LogP contribution in [0, 0.1) is 5.82 Å². The third-order valence-corrected chi connectivity index (χ3v) is 8.63. The number of halogens is 1. The van der Waals surface area contributed by atoms with E-state index in [1.807, 2.05) is 30.3 Å². The van der Waals surface area contributed by atoms with Crippen molar-refractivity contribution >= 4 is 34.7 Å². The Bertz CT molecular complexity index is 1490. The molecule has 0 radical (unpaired) electrons. The zero-order valence-electron chi connectivity index (χ0n) is 21.4. The molecule has 0 saturated carbocycles. The number of anilines is 3. The van der Waals surface area contributed by atoms with Gasteiger partial charge in [-0.25, -0.2) is 4.39 Å². The van der Waals surface area contributed by atoms with Gasteiger partial charge in [0.1, 0.15) is 11.6 Å². The van der Waals surface area contributed by atoms with Crippen molar-refractivity contribution in [3.8, 4) is 5.75 Å². The summed E-state index contributed by atoms with van der Waals surface area (Å²) in [6, 6.07) is 27.8. The number of aromatic hydroxyl groups is 1. The number of fused-ring (bicyclic) bond motifs is 2. The van der Waals surface area contributed by atoms with E-state index in [-0.39, 0.29) is 28.8 Å². The van der Waals surface area contributed by atoms with Gasteiger partial charge in [0.15, 0.2) is 0 Å². The monoisotopic (exact) mass is 539 g/mol. The molecule has 1 saturated heterocycles. The second-order valence-corrected chi connectivity index (χ2v) is 11.6. The molecule has 2 aliphatic heterocycles. The number of amides is 1. The Kier molecular flexibility index (Phi) is 7.26. The smallest absolute Gasteiger partial charge is 0.241 e. The number of carbonyl (C=O) groups is 1. The molecule has 0 unspecified atom stereocenters. The Balaban J connectivity index is 1.20. The number of nitrogens with zero attached hydrogens (tertiary/aromatic N) is 1. The first-order valence-corrected chi connectivity index (χ1v) is 14.1. The van der Waals surface area contributed by atoms with Crippen LogP contribution in [0.25, 0.3) is 0 Å². The Morgan fingerprint density at radius 1 is 0.949 bits per heavy atom. The maximum Gasteiger partial charge on any atom is 0.241 e. The Morgan fingerprint density at radius 3 is 2.56 bits per heavy atom. The molecule has 2 aliphatic rings. The van der Waals surface area contributed by atoms with Crippen LogP contribution >= 0.6 is 11.8 Å². The molecule has 2 atom stereocenters. The van der Waals surface area contributed by atoms with Gasteiger partial charge in [-0.2, -0.15) is 0 Å². The number of para-hydroxylation sites is 1. The molecule has 198 valence electrons. The number of aryl methyl sites for hydroxylation is 2. The molecule has 1 fully saturated rings. The third kappa shape index (κ3) is 5.95. The molecule has 39 heavy (non-hydrogen) atoms. The summed E-state index contributed by atoms with van der Waals surface area (Å²) in [5.74, 6) is -0.0948. The van der Waals surface area contributed by atoms with Crippen LogP contribution in [-0.2, 0) is 24.2 Å². The lowest BCUT2D eigenvalue weighted by Crippen LogP contribution is -2.39. The van der Waals surface area contributed by atoms with Crippen molar-refractivity contribution in [2.75, 3.05) is 17.2 Å². The molecule has 5 nitrogen and oxygen atoms in total. The van der Waals surface area contributed by atoms with Crippen LogP contribution in [0.5, 0.6) is 5.75 Å². The highest BCUT2D eigenvalue weighted by Crippen LogP contribution is 2.36. The summed E-state index contributed by atoms with van der Waals surface area (Å²) >= 11 is 1.67. The molecule has 3 N–H and O–H groups in total. The zero-order chi connectivity index (χ0) is 26.8. The molecule has 4 aromatic carbocycles. The van der Waals surface area contributed by atoms with Crippen molar-refractivity contribution in [3.63, 3.8) is 0 Å². The molecule has 0 aromatic heterocycles. The largest absolute Gasteiger partial charge is 0.508 e. The topological polar surface area (TPSA) is 64.6 Å². The number of rotatable bonds is 6. The lowest BCUT2D eigenvalue weighted by Gasteiger charge is -2.24. The number of phenolic OH excluding ortho intramolecular Hbond substituents is 1. The molecule has 4 aromatic rings. The Labute approximate surface area is 232 Å². The molecule has 2 heterocycles. The van der Waals surface area contributed by atoms with E-state index in [4.69, 9.17) is 0 Å². The molecular weight excluding hydrogens is 509 g/mol. The maximum atomic E-state index is 13.7. The van der Waals surface area contributed by atoms with Gasteiger partial charge in [0, 0.05) is 40.3 Å².